The first-order chi connectivity index (χ1) is 15.9. The molecule has 0 aliphatic carbocycles. The molecule has 178 valence electrons. The van der Waals surface area contributed by atoms with Gasteiger partial charge in [-0.05, 0) is 18.6 Å². The minimum atomic E-state index is -1.02. The van der Waals surface area contributed by atoms with Crippen molar-refractivity contribution in [1.82, 2.24) is 18.7 Å². The molecule has 10 nitrogen and oxygen atoms in total. The number of para-hydroxylation sites is 1. The Morgan fingerprint density at radius 1 is 1.12 bits per heavy atom. The molecule has 10 heteroatoms. The number of hydrogen-bond donors (Lipinski definition) is 0. The van der Waals surface area contributed by atoms with Crippen molar-refractivity contribution in [1.29, 1.82) is 0 Å². The molecule has 2 aromatic heterocycles. The summed E-state index contributed by atoms with van der Waals surface area (Å²) < 4.78 is 8.87. The lowest BCUT2D eigenvalue weighted by molar-refractivity contribution is -0.153. The van der Waals surface area contributed by atoms with E-state index in [1.165, 1.54) is 42.6 Å². The van der Waals surface area contributed by atoms with Crippen LogP contribution in [0.25, 0.3) is 11.2 Å². The topological polar surface area (TPSA) is 108 Å². The first-order valence-electron chi connectivity index (χ1n) is 10.8. The molecule has 1 aliphatic rings. The molecule has 1 aromatic carbocycles. The zero-order valence-corrected chi connectivity index (χ0v) is 20.0. The first kappa shape index (κ1) is 23.2. The molecule has 1 aliphatic heterocycles. The maximum absolute atomic E-state index is 12.9. The highest BCUT2D eigenvalue weighted by molar-refractivity contribution is 5.96. The fourth-order valence-corrected chi connectivity index (χ4v) is 4.46. The fraction of sp³-hybridized carbons (Fsp3) is 0.375. The van der Waals surface area contributed by atoms with Gasteiger partial charge in [-0.15, -0.1) is 0 Å². The smallest absolute Gasteiger partial charge is 0.332 e. The Balaban J connectivity index is 1.53. The number of benzene rings is 1. The van der Waals surface area contributed by atoms with E-state index in [2.05, 4.69) is 4.98 Å². The van der Waals surface area contributed by atoms with Gasteiger partial charge in [-0.25, -0.2) is 9.78 Å². The number of likely N-dealkylation sites (N-methyl/N-ethyl adjacent to an activating group) is 1. The second-order valence-corrected chi connectivity index (χ2v) is 9.02. The van der Waals surface area contributed by atoms with Crippen molar-refractivity contribution in [3.05, 3.63) is 68.8 Å². The molecule has 0 bridgehead atoms. The van der Waals surface area contributed by atoms with Gasteiger partial charge in [0.25, 0.3) is 5.56 Å². The van der Waals surface area contributed by atoms with E-state index in [4.69, 9.17) is 4.74 Å². The third kappa shape index (κ3) is 3.55. The number of nitrogens with zero attached hydrogens (tertiary/aromatic N) is 5. The van der Waals surface area contributed by atoms with E-state index < -0.39 is 23.3 Å². The molecule has 4 rings (SSSR count). The van der Waals surface area contributed by atoms with Crippen molar-refractivity contribution in [2.24, 2.45) is 14.1 Å². The Kier molecular flexibility index (Phi) is 5.55. The Hall–Kier alpha value is -3.95. The van der Waals surface area contributed by atoms with Gasteiger partial charge < -0.3 is 14.2 Å². The lowest BCUT2D eigenvalue weighted by Gasteiger charge is -2.24. The average molecular weight is 466 g/mol. The number of esters is 1. The molecule has 0 radical (unpaired) electrons. The number of carbonyl (C=O) groups is 2. The number of aryl methyl sites for hydroxylation is 1. The highest BCUT2D eigenvalue weighted by Gasteiger charge is 2.39. The summed E-state index contributed by atoms with van der Waals surface area (Å²) >= 11 is 0. The highest BCUT2D eigenvalue weighted by Crippen LogP contribution is 2.46. The number of aromatic nitrogens is 4. The van der Waals surface area contributed by atoms with E-state index >= 15 is 0 Å². The van der Waals surface area contributed by atoms with Gasteiger partial charge in [-0.2, -0.15) is 0 Å². The molecule has 3 aromatic rings. The molecule has 1 atom stereocenters. The summed E-state index contributed by atoms with van der Waals surface area (Å²) in [6, 6.07) is 7.96. The molecule has 0 amide bonds. The van der Waals surface area contributed by atoms with Crippen LogP contribution in [0.1, 0.15) is 26.3 Å². The van der Waals surface area contributed by atoms with Crippen LogP contribution >= 0.6 is 0 Å². The van der Waals surface area contributed by atoms with Crippen LogP contribution in [0.2, 0.25) is 0 Å². The normalized spacial score (nSPS) is 16.6. The zero-order valence-electron chi connectivity index (χ0n) is 20.0. The molecular weight excluding hydrogens is 438 g/mol. The molecule has 0 saturated heterocycles. The van der Waals surface area contributed by atoms with Crippen LogP contribution in [0.15, 0.2) is 52.0 Å². The number of carbonyl (C=O) groups excluding carboxylic acids is 2. The summed E-state index contributed by atoms with van der Waals surface area (Å²) in [4.78, 5) is 56.2. The zero-order chi connectivity index (χ0) is 24.9. The van der Waals surface area contributed by atoms with Gasteiger partial charge in [-0.3, -0.25) is 23.5 Å². The van der Waals surface area contributed by atoms with Gasteiger partial charge in [0.05, 0.1) is 6.33 Å². The monoisotopic (exact) mass is 465 g/mol. The van der Waals surface area contributed by atoms with Crippen LogP contribution in [0.3, 0.4) is 0 Å². The van der Waals surface area contributed by atoms with E-state index in [1.54, 1.807) is 0 Å². The number of hydrogen-bond acceptors (Lipinski definition) is 7. The Labute approximate surface area is 195 Å². The van der Waals surface area contributed by atoms with Gasteiger partial charge in [-0.1, -0.05) is 32.0 Å². The number of ketones is 1. The molecule has 3 heterocycles. The van der Waals surface area contributed by atoms with Crippen molar-refractivity contribution in [3.63, 3.8) is 0 Å². The van der Waals surface area contributed by atoms with Crippen LogP contribution in [0.5, 0.6) is 0 Å². The molecule has 0 N–H and O–H groups in total. The number of imidazole rings is 1. The fourth-order valence-electron chi connectivity index (χ4n) is 4.46. The Bertz CT molecular complexity index is 1470. The molecule has 0 fully saturated rings. The number of anilines is 1. The summed E-state index contributed by atoms with van der Waals surface area (Å²) in [5, 5.41) is 0. The lowest BCUT2D eigenvalue weighted by atomic mass is 9.83. The van der Waals surface area contributed by atoms with Crippen molar-refractivity contribution in [2.75, 3.05) is 11.9 Å². The number of allylic oxidation sites excluding steroid dienone is 1. The van der Waals surface area contributed by atoms with Gasteiger partial charge in [0, 0.05) is 44.0 Å². The number of fused-ring (bicyclic) bond motifs is 2. The predicted molar refractivity (Wildman–Crippen MR) is 127 cm³/mol. The maximum atomic E-state index is 12.9. The van der Waals surface area contributed by atoms with Crippen molar-refractivity contribution in [3.8, 4) is 0 Å². The van der Waals surface area contributed by atoms with Gasteiger partial charge in [0.2, 0.25) is 0 Å². The van der Waals surface area contributed by atoms with Crippen LogP contribution in [-0.4, -0.2) is 43.6 Å². The Morgan fingerprint density at radius 2 is 1.79 bits per heavy atom. The maximum Gasteiger partial charge on any atom is 0.332 e. The number of rotatable bonds is 5. The SMILES string of the molecule is CC(OC(=O)Cn1cnc2c1c(=O)n(C)c(=O)n2C)C(=O)C=C1N(C)c2ccccc2C1(C)C. The molecule has 34 heavy (non-hydrogen) atoms. The van der Waals surface area contributed by atoms with E-state index in [9.17, 15) is 19.2 Å². The van der Waals surface area contributed by atoms with Crippen molar-refractivity contribution in [2.45, 2.75) is 38.8 Å². The largest absolute Gasteiger partial charge is 0.453 e. The van der Waals surface area contributed by atoms with Crippen LogP contribution in [0.4, 0.5) is 5.69 Å². The number of ether oxygens (including phenoxy) is 1. The molecule has 0 spiro atoms. The van der Waals surface area contributed by atoms with Crippen LogP contribution in [-0.2, 0) is 40.4 Å². The summed E-state index contributed by atoms with van der Waals surface area (Å²) in [7, 11) is 4.75. The molecule has 0 saturated carbocycles. The molecule has 1 unspecified atom stereocenters. The third-order valence-corrected chi connectivity index (χ3v) is 6.44. The molecular formula is C24H27N5O5. The quantitative estimate of drug-likeness (QED) is 0.412. The van der Waals surface area contributed by atoms with Gasteiger partial charge in [0.1, 0.15) is 6.54 Å². The average Bonchev–Trinajstić information content (AvgIpc) is 3.29. The minimum absolute atomic E-state index is 0.106. The predicted octanol–water partition coefficient (Wildman–Crippen LogP) is 1.25. The van der Waals surface area contributed by atoms with E-state index in [-0.39, 0.29) is 28.9 Å². The summed E-state index contributed by atoms with van der Waals surface area (Å²) in [6.45, 7) is 5.28. The summed E-state index contributed by atoms with van der Waals surface area (Å²) in [5.41, 5.74) is 1.77. The van der Waals surface area contributed by atoms with E-state index in [1.807, 2.05) is 50.1 Å². The summed E-state index contributed by atoms with van der Waals surface area (Å²) in [6.07, 6.45) is 1.81. The lowest BCUT2D eigenvalue weighted by Crippen LogP contribution is -2.37. The second kappa shape index (κ2) is 8.12. The standard InChI is InChI=1S/C24H27N5O5/c1-14(17(30)11-18-24(2,3)15-9-7-8-10-16(15)26(18)4)34-19(31)12-29-13-25-21-20(29)22(32)28(6)23(33)27(21)5/h7-11,13-14H,12H2,1-6H3. The second-order valence-electron chi connectivity index (χ2n) is 9.02. The summed E-state index contributed by atoms with van der Waals surface area (Å²) in [5.74, 6) is -1.04. The van der Waals surface area contributed by atoms with E-state index in [0.717, 1.165) is 21.5 Å². The first-order valence-corrected chi connectivity index (χ1v) is 10.8. The Morgan fingerprint density at radius 3 is 2.47 bits per heavy atom. The third-order valence-electron chi connectivity index (χ3n) is 6.44. The van der Waals surface area contributed by atoms with Gasteiger partial charge >= 0.3 is 11.7 Å². The van der Waals surface area contributed by atoms with Crippen LogP contribution in [0, 0.1) is 0 Å². The van der Waals surface area contributed by atoms with E-state index in [0.29, 0.717) is 0 Å². The van der Waals surface area contributed by atoms with Crippen molar-refractivity contribution < 1.29 is 14.3 Å². The van der Waals surface area contributed by atoms with Crippen LogP contribution < -0.4 is 16.1 Å². The highest BCUT2D eigenvalue weighted by atomic mass is 16.5. The van der Waals surface area contributed by atoms with Gasteiger partial charge in [0.15, 0.2) is 23.1 Å². The minimum Gasteiger partial charge on any atom is -0.453 e. The van der Waals surface area contributed by atoms with Crippen molar-refractivity contribution >= 4 is 28.6 Å².